The van der Waals surface area contributed by atoms with Gasteiger partial charge in [-0.05, 0) is 33.1 Å². The molecule has 0 aromatic heterocycles. The molecule has 0 saturated heterocycles. The molecule has 1 amide bonds. The van der Waals surface area contributed by atoms with Gasteiger partial charge in [0.25, 0.3) is 0 Å². The summed E-state index contributed by atoms with van der Waals surface area (Å²) in [7, 11) is 0. The van der Waals surface area contributed by atoms with Gasteiger partial charge in [-0.2, -0.15) is 0 Å². The molecule has 1 fully saturated rings. The van der Waals surface area contributed by atoms with E-state index in [9.17, 15) is 4.79 Å². The number of hydrogen-bond acceptors (Lipinski definition) is 3. The van der Waals surface area contributed by atoms with Crippen molar-refractivity contribution in [1.29, 1.82) is 0 Å². The van der Waals surface area contributed by atoms with Crippen molar-refractivity contribution in [3.05, 3.63) is 18.8 Å². The predicted molar refractivity (Wildman–Crippen MR) is 79.7 cm³/mol. The van der Waals surface area contributed by atoms with Crippen LogP contribution in [0.25, 0.3) is 0 Å². The number of nitrogens with one attached hydrogen (secondary N) is 1. The van der Waals surface area contributed by atoms with Crippen molar-refractivity contribution in [2.45, 2.75) is 70.9 Å². The standard InChI is InChI=1S/C16H28NO3/c1-16(2,3)20-15(19)17-14(10-7-11-18)12-13-8-5-4-6-9-13/h7,10-11,13-14,18H,4-6,8-9,12H2,1-3H3,(H,17,19)/b10-7-/t14-/m1/s1. The highest BCUT2D eigenvalue weighted by molar-refractivity contribution is 5.68. The third-order valence-electron chi connectivity index (χ3n) is 3.44. The molecule has 0 aromatic rings. The summed E-state index contributed by atoms with van der Waals surface area (Å²) < 4.78 is 5.28. The molecular formula is C16H28NO3. The fourth-order valence-electron chi connectivity index (χ4n) is 2.61. The normalized spacial score (nSPS) is 19.0. The average molecular weight is 282 g/mol. The Balaban J connectivity index is 2.50. The molecule has 1 aliphatic rings. The number of aliphatic hydroxyl groups excluding tert-OH is 1. The van der Waals surface area contributed by atoms with Crippen molar-refractivity contribution < 1.29 is 14.6 Å². The quantitative estimate of drug-likeness (QED) is 0.803. The predicted octanol–water partition coefficient (Wildman–Crippen LogP) is 3.94. The molecule has 4 nitrogen and oxygen atoms in total. The first kappa shape index (κ1) is 17.0. The first-order valence-electron chi connectivity index (χ1n) is 7.54. The van der Waals surface area contributed by atoms with Gasteiger partial charge in [-0.3, -0.25) is 0 Å². The zero-order valence-electron chi connectivity index (χ0n) is 12.9. The largest absolute Gasteiger partial charge is 0.444 e. The Labute approximate surface area is 122 Å². The van der Waals surface area contributed by atoms with E-state index in [0.717, 1.165) is 13.0 Å². The molecule has 0 aliphatic heterocycles. The second kappa shape index (κ2) is 8.30. The molecule has 2 N–H and O–H groups in total. The minimum absolute atomic E-state index is 0.0867. The maximum absolute atomic E-state index is 11.8. The minimum Gasteiger partial charge on any atom is -0.444 e. The summed E-state index contributed by atoms with van der Waals surface area (Å²) in [5.41, 5.74) is -0.494. The summed E-state index contributed by atoms with van der Waals surface area (Å²) in [4.78, 5) is 11.8. The highest BCUT2D eigenvalue weighted by Gasteiger charge is 2.21. The Morgan fingerprint density at radius 2 is 2.00 bits per heavy atom. The lowest BCUT2D eigenvalue weighted by molar-refractivity contribution is 0.0507. The lowest BCUT2D eigenvalue weighted by Gasteiger charge is -2.27. The second-order valence-electron chi connectivity index (χ2n) is 6.53. The van der Waals surface area contributed by atoms with Crippen LogP contribution in [0.15, 0.2) is 12.2 Å². The van der Waals surface area contributed by atoms with Gasteiger partial charge in [0.05, 0.1) is 6.04 Å². The number of ether oxygens (including phenoxy) is 1. The van der Waals surface area contributed by atoms with E-state index in [2.05, 4.69) is 5.32 Å². The first-order valence-corrected chi connectivity index (χ1v) is 7.54. The van der Waals surface area contributed by atoms with Gasteiger partial charge in [0.1, 0.15) is 12.2 Å². The number of alkyl carbamates (subject to hydrolysis) is 1. The van der Waals surface area contributed by atoms with E-state index in [1.807, 2.05) is 26.8 Å². The summed E-state index contributed by atoms with van der Waals surface area (Å²) in [5, 5.41) is 11.7. The molecule has 4 heteroatoms. The minimum atomic E-state index is -0.494. The lowest BCUT2D eigenvalue weighted by atomic mass is 9.85. The Morgan fingerprint density at radius 3 is 2.55 bits per heavy atom. The number of carbonyl (C=O) groups is 1. The fourth-order valence-corrected chi connectivity index (χ4v) is 2.61. The number of hydrogen-bond donors (Lipinski definition) is 2. The van der Waals surface area contributed by atoms with E-state index < -0.39 is 11.7 Å². The second-order valence-corrected chi connectivity index (χ2v) is 6.53. The topological polar surface area (TPSA) is 58.6 Å². The van der Waals surface area contributed by atoms with Crippen LogP contribution in [0.1, 0.15) is 59.3 Å². The van der Waals surface area contributed by atoms with Crippen LogP contribution < -0.4 is 5.32 Å². The SMILES string of the molecule is CC(C)(C)OC(=O)N[C@H](/C=C\[CH]O)CC1CCCCC1. The summed E-state index contributed by atoms with van der Waals surface area (Å²) >= 11 is 0. The monoisotopic (exact) mass is 282 g/mol. The molecule has 1 radical (unpaired) electrons. The maximum Gasteiger partial charge on any atom is 0.408 e. The fraction of sp³-hybridized carbons (Fsp3) is 0.750. The zero-order valence-corrected chi connectivity index (χ0v) is 12.9. The maximum atomic E-state index is 11.8. The molecule has 1 rings (SSSR count). The van der Waals surface area contributed by atoms with Crippen LogP contribution in [-0.4, -0.2) is 22.8 Å². The molecule has 0 aromatic carbocycles. The van der Waals surface area contributed by atoms with Crippen LogP contribution in [0.5, 0.6) is 0 Å². The molecule has 0 unspecified atom stereocenters. The van der Waals surface area contributed by atoms with Gasteiger partial charge in [0.15, 0.2) is 0 Å². The average Bonchev–Trinajstić information content (AvgIpc) is 2.35. The van der Waals surface area contributed by atoms with Crippen LogP contribution in [0, 0.1) is 12.5 Å². The van der Waals surface area contributed by atoms with Crippen LogP contribution in [-0.2, 0) is 4.74 Å². The van der Waals surface area contributed by atoms with Crippen LogP contribution in [0.3, 0.4) is 0 Å². The molecule has 20 heavy (non-hydrogen) atoms. The molecule has 1 saturated carbocycles. The smallest absolute Gasteiger partial charge is 0.408 e. The summed E-state index contributed by atoms with van der Waals surface area (Å²) in [6.07, 6.45) is 10.2. The zero-order chi connectivity index (χ0) is 15.0. The Hall–Kier alpha value is -1.03. The van der Waals surface area contributed by atoms with Crippen LogP contribution >= 0.6 is 0 Å². The lowest BCUT2D eigenvalue weighted by Crippen LogP contribution is -2.39. The molecule has 0 spiro atoms. The molecule has 0 heterocycles. The molecular weight excluding hydrogens is 254 g/mol. The van der Waals surface area contributed by atoms with Gasteiger partial charge in [0, 0.05) is 0 Å². The van der Waals surface area contributed by atoms with Gasteiger partial charge in [-0.15, -0.1) is 0 Å². The van der Waals surface area contributed by atoms with E-state index in [1.54, 1.807) is 6.08 Å². The third-order valence-corrected chi connectivity index (χ3v) is 3.44. The summed E-state index contributed by atoms with van der Waals surface area (Å²) in [5.74, 6) is 0.645. The number of amides is 1. The van der Waals surface area contributed by atoms with Crippen molar-refractivity contribution in [2.75, 3.05) is 0 Å². The van der Waals surface area contributed by atoms with Gasteiger partial charge in [-0.1, -0.05) is 44.3 Å². The van der Waals surface area contributed by atoms with Gasteiger partial charge < -0.3 is 15.2 Å². The molecule has 1 atom stereocenters. The van der Waals surface area contributed by atoms with Gasteiger partial charge >= 0.3 is 6.09 Å². The first-order chi connectivity index (χ1) is 9.40. The number of rotatable bonds is 5. The molecule has 0 bridgehead atoms. The van der Waals surface area contributed by atoms with E-state index >= 15 is 0 Å². The van der Waals surface area contributed by atoms with Crippen LogP contribution in [0.4, 0.5) is 4.79 Å². The van der Waals surface area contributed by atoms with Crippen molar-refractivity contribution in [3.63, 3.8) is 0 Å². The van der Waals surface area contributed by atoms with Crippen molar-refractivity contribution in [2.24, 2.45) is 5.92 Å². The van der Waals surface area contributed by atoms with Gasteiger partial charge in [-0.25, -0.2) is 4.79 Å². The third kappa shape index (κ3) is 7.53. The molecule has 1 aliphatic carbocycles. The van der Waals surface area contributed by atoms with E-state index in [4.69, 9.17) is 9.84 Å². The number of carbonyl (C=O) groups excluding carboxylic acids is 1. The van der Waals surface area contributed by atoms with E-state index in [-0.39, 0.29) is 6.04 Å². The van der Waals surface area contributed by atoms with E-state index in [0.29, 0.717) is 5.92 Å². The van der Waals surface area contributed by atoms with Crippen molar-refractivity contribution >= 4 is 6.09 Å². The Morgan fingerprint density at radius 1 is 1.35 bits per heavy atom. The number of aliphatic hydroxyl groups is 1. The van der Waals surface area contributed by atoms with Crippen molar-refractivity contribution in [3.8, 4) is 0 Å². The molecule has 115 valence electrons. The summed E-state index contributed by atoms with van der Waals surface area (Å²) in [6, 6.07) is -0.0867. The summed E-state index contributed by atoms with van der Waals surface area (Å²) in [6.45, 7) is 6.53. The van der Waals surface area contributed by atoms with E-state index in [1.165, 1.54) is 32.1 Å². The Kier molecular flexibility index (Phi) is 7.06. The van der Waals surface area contributed by atoms with Crippen LogP contribution in [0.2, 0.25) is 0 Å². The highest BCUT2D eigenvalue weighted by Crippen LogP contribution is 2.27. The highest BCUT2D eigenvalue weighted by atomic mass is 16.6. The van der Waals surface area contributed by atoms with Gasteiger partial charge in [0.2, 0.25) is 0 Å². The Bertz CT molecular complexity index is 314. The van der Waals surface area contributed by atoms with Crippen molar-refractivity contribution in [1.82, 2.24) is 5.32 Å².